The molecule has 0 heterocycles. The highest BCUT2D eigenvalue weighted by Gasteiger charge is 2.32. The van der Waals surface area contributed by atoms with E-state index in [4.69, 9.17) is 0 Å². The highest BCUT2D eigenvalue weighted by Crippen LogP contribution is 2.19. The molecule has 3 aromatic carbocycles. The normalized spacial score (nSPS) is 12.1. The maximum absolute atomic E-state index is 13.6. The van der Waals surface area contributed by atoms with Crippen molar-refractivity contribution in [3.63, 3.8) is 0 Å². The zero-order valence-electron chi connectivity index (χ0n) is 20.8. The van der Waals surface area contributed by atoms with E-state index in [1.54, 1.807) is 29.2 Å². The summed E-state index contributed by atoms with van der Waals surface area (Å²) < 4.78 is 26.7. The van der Waals surface area contributed by atoms with Crippen molar-refractivity contribution in [3.8, 4) is 0 Å². The molecule has 1 N–H and O–H groups in total. The van der Waals surface area contributed by atoms with Crippen molar-refractivity contribution in [3.05, 3.63) is 107 Å². The summed E-state index contributed by atoms with van der Waals surface area (Å²) in [6.07, 6.45) is 0.346. The molecule has 7 heteroatoms. The van der Waals surface area contributed by atoms with Gasteiger partial charge in [-0.25, -0.2) is 8.78 Å². The molecule has 0 bridgehead atoms. The maximum Gasteiger partial charge on any atom is 0.243 e. The lowest BCUT2D eigenvalue weighted by molar-refractivity contribution is -0.140. The lowest BCUT2D eigenvalue weighted by Crippen LogP contribution is -2.54. The van der Waals surface area contributed by atoms with Crippen molar-refractivity contribution in [2.24, 2.45) is 0 Å². The van der Waals surface area contributed by atoms with Crippen molar-refractivity contribution in [2.45, 2.75) is 51.1 Å². The van der Waals surface area contributed by atoms with Gasteiger partial charge in [0.05, 0.1) is 5.75 Å². The minimum absolute atomic E-state index is 0.145. The molecule has 1 atom stereocenters. The van der Waals surface area contributed by atoms with Crippen LogP contribution in [-0.2, 0) is 28.3 Å². The summed E-state index contributed by atoms with van der Waals surface area (Å²) in [7, 11) is 0. The van der Waals surface area contributed by atoms with Gasteiger partial charge in [-0.05, 0) is 61.7 Å². The third kappa shape index (κ3) is 8.79. The standard InChI is InChI=1S/C29H32F2N2O2S/c1-29(2,3)32-28(35)26(17-21-7-5-4-6-8-21)33(18-22-9-13-24(30)14-10-22)27(34)20-36-19-23-11-15-25(31)16-12-23/h4-16,26H,17-20H2,1-3H3,(H,32,35)/t26-/m0/s1. The van der Waals surface area contributed by atoms with Crippen LogP contribution in [0.2, 0.25) is 0 Å². The number of halogens is 2. The molecule has 0 unspecified atom stereocenters. The van der Waals surface area contributed by atoms with Crippen LogP contribution in [0.15, 0.2) is 78.9 Å². The van der Waals surface area contributed by atoms with Gasteiger partial charge in [0.2, 0.25) is 11.8 Å². The van der Waals surface area contributed by atoms with E-state index >= 15 is 0 Å². The van der Waals surface area contributed by atoms with E-state index in [2.05, 4.69) is 5.32 Å². The highest BCUT2D eigenvalue weighted by atomic mass is 32.2. The summed E-state index contributed by atoms with van der Waals surface area (Å²) in [5, 5.41) is 3.02. The molecule has 190 valence electrons. The Labute approximate surface area is 216 Å². The van der Waals surface area contributed by atoms with Crippen LogP contribution >= 0.6 is 11.8 Å². The predicted molar refractivity (Wildman–Crippen MR) is 141 cm³/mol. The number of carbonyl (C=O) groups is 2. The first-order valence-corrected chi connectivity index (χ1v) is 13.0. The molecule has 0 aliphatic heterocycles. The Balaban J connectivity index is 1.85. The van der Waals surface area contributed by atoms with E-state index in [0.29, 0.717) is 12.2 Å². The monoisotopic (exact) mass is 510 g/mol. The van der Waals surface area contributed by atoms with E-state index in [9.17, 15) is 18.4 Å². The van der Waals surface area contributed by atoms with Crippen LogP contribution in [0.25, 0.3) is 0 Å². The van der Waals surface area contributed by atoms with Gasteiger partial charge in [-0.2, -0.15) is 0 Å². The van der Waals surface area contributed by atoms with E-state index in [1.807, 2.05) is 51.1 Å². The Kier molecular flexibility index (Phi) is 9.65. The molecule has 0 radical (unpaired) electrons. The van der Waals surface area contributed by atoms with Gasteiger partial charge in [0.15, 0.2) is 0 Å². The third-order valence-electron chi connectivity index (χ3n) is 5.44. The van der Waals surface area contributed by atoms with Gasteiger partial charge in [0.1, 0.15) is 17.7 Å². The van der Waals surface area contributed by atoms with Gasteiger partial charge < -0.3 is 10.2 Å². The van der Waals surface area contributed by atoms with Crippen molar-refractivity contribution < 1.29 is 18.4 Å². The molecule has 2 amide bonds. The average molecular weight is 511 g/mol. The molecular formula is C29H32F2N2O2S. The molecule has 36 heavy (non-hydrogen) atoms. The van der Waals surface area contributed by atoms with E-state index in [0.717, 1.165) is 16.7 Å². The largest absolute Gasteiger partial charge is 0.350 e. The third-order valence-corrected chi connectivity index (χ3v) is 6.43. The second kappa shape index (κ2) is 12.7. The first-order valence-electron chi connectivity index (χ1n) is 11.8. The minimum atomic E-state index is -0.754. The van der Waals surface area contributed by atoms with Crippen molar-refractivity contribution in [2.75, 3.05) is 5.75 Å². The average Bonchev–Trinajstić information content (AvgIpc) is 2.83. The fourth-order valence-corrected chi connectivity index (χ4v) is 4.58. The molecule has 0 fully saturated rings. The molecule has 0 spiro atoms. The number of hydrogen-bond acceptors (Lipinski definition) is 3. The lowest BCUT2D eigenvalue weighted by Gasteiger charge is -2.34. The summed E-state index contributed by atoms with van der Waals surface area (Å²) in [4.78, 5) is 28.6. The first-order chi connectivity index (χ1) is 17.1. The predicted octanol–water partition coefficient (Wildman–Crippen LogP) is 5.75. The van der Waals surface area contributed by atoms with Crippen molar-refractivity contribution >= 4 is 23.6 Å². The number of nitrogens with zero attached hydrogens (tertiary/aromatic N) is 1. The molecule has 3 aromatic rings. The fourth-order valence-electron chi connectivity index (χ4n) is 3.71. The molecule has 0 aliphatic rings. The Morgan fingerprint density at radius 1 is 0.833 bits per heavy atom. The number of rotatable bonds is 10. The van der Waals surface area contributed by atoms with Gasteiger partial charge >= 0.3 is 0 Å². The molecule has 0 saturated heterocycles. The molecule has 0 aromatic heterocycles. The summed E-state index contributed by atoms with van der Waals surface area (Å²) in [6, 6.07) is 20.9. The van der Waals surface area contributed by atoms with Crippen LogP contribution in [0, 0.1) is 11.6 Å². The number of hydrogen-bond donors (Lipinski definition) is 1. The fraction of sp³-hybridized carbons (Fsp3) is 0.310. The number of thioether (sulfide) groups is 1. The van der Waals surface area contributed by atoms with Gasteiger partial charge in [-0.15, -0.1) is 11.8 Å². The molecule has 0 saturated carbocycles. The SMILES string of the molecule is CC(C)(C)NC(=O)[C@H](Cc1ccccc1)N(Cc1ccc(F)cc1)C(=O)CSCc1ccc(F)cc1. The first kappa shape index (κ1) is 27.4. The lowest BCUT2D eigenvalue weighted by atomic mass is 10.0. The van der Waals surface area contributed by atoms with E-state index in [-0.39, 0.29) is 35.7 Å². The zero-order chi connectivity index (χ0) is 26.1. The van der Waals surface area contributed by atoms with Crippen LogP contribution < -0.4 is 5.32 Å². The van der Waals surface area contributed by atoms with E-state index < -0.39 is 11.6 Å². The molecule has 3 rings (SSSR count). The van der Waals surface area contributed by atoms with Gasteiger partial charge in [0.25, 0.3) is 0 Å². The van der Waals surface area contributed by atoms with Crippen molar-refractivity contribution in [1.82, 2.24) is 10.2 Å². The second-order valence-corrected chi connectivity index (χ2v) is 10.7. The molecule has 0 aliphatic carbocycles. The van der Waals surface area contributed by atoms with Crippen molar-refractivity contribution in [1.29, 1.82) is 0 Å². The van der Waals surface area contributed by atoms with Gasteiger partial charge in [-0.3, -0.25) is 9.59 Å². The minimum Gasteiger partial charge on any atom is -0.350 e. The van der Waals surface area contributed by atoms with Crippen LogP contribution in [0.1, 0.15) is 37.5 Å². The van der Waals surface area contributed by atoms with Crippen LogP contribution in [0.4, 0.5) is 8.78 Å². The highest BCUT2D eigenvalue weighted by molar-refractivity contribution is 7.99. The van der Waals surface area contributed by atoms with Crippen LogP contribution in [0.5, 0.6) is 0 Å². The van der Waals surface area contributed by atoms with E-state index in [1.165, 1.54) is 36.0 Å². The van der Waals surface area contributed by atoms with Crippen LogP contribution in [-0.4, -0.2) is 34.0 Å². The maximum atomic E-state index is 13.6. The number of amides is 2. The molecule has 4 nitrogen and oxygen atoms in total. The quantitative estimate of drug-likeness (QED) is 0.378. The Bertz CT molecular complexity index is 1130. The summed E-state index contributed by atoms with van der Waals surface area (Å²) in [5.41, 5.74) is 2.09. The second-order valence-electron chi connectivity index (χ2n) is 9.71. The zero-order valence-corrected chi connectivity index (χ0v) is 21.7. The van der Waals surface area contributed by atoms with Crippen LogP contribution in [0.3, 0.4) is 0 Å². The number of benzene rings is 3. The molecular weight excluding hydrogens is 478 g/mol. The van der Waals surface area contributed by atoms with Gasteiger partial charge in [-0.1, -0.05) is 54.6 Å². The summed E-state index contributed by atoms with van der Waals surface area (Å²) in [6.45, 7) is 5.87. The summed E-state index contributed by atoms with van der Waals surface area (Å²) in [5.74, 6) is -0.431. The number of carbonyl (C=O) groups excluding carboxylic acids is 2. The Hall–Kier alpha value is -3.19. The smallest absolute Gasteiger partial charge is 0.243 e. The summed E-state index contributed by atoms with van der Waals surface area (Å²) >= 11 is 1.40. The number of nitrogens with one attached hydrogen (secondary N) is 1. The topological polar surface area (TPSA) is 49.4 Å². The van der Waals surface area contributed by atoms with Gasteiger partial charge in [0, 0.05) is 24.3 Å². The Morgan fingerprint density at radius 3 is 1.94 bits per heavy atom. The Morgan fingerprint density at radius 2 is 1.39 bits per heavy atom.